The summed E-state index contributed by atoms with van der Waals surface area (Å²) >= 11 is 19.8. The molecule has 2 aromatic heterocycles. The van der Waals surface area contributed by atoms with Gasteiger partial charge in [0.1, 0.15) is 11.0 Å². The SMILES string of the molecule is Clc1cc(Cl)c(N2CCc3sccc3C2)nc1Cl. The Morgan fingerprint density at radius 2 is 2.06 bits per heavy atom. The maximum atomic E-state index is 6.19. The normalized spacial score (nSPS) is 14.7. The van der Waals surface area contributed by atoms with Crippen molar-refractivity contribution in [3.63, 3.8) is 0 Å². The summed E-state index contributed by atoms with van der Waals surface area (Å²) < 4.78 is 0. The fraction of sp³-hybridized carbons (Fsp3) is 0.250. The Bertz CT molecular complexity index is 597. The molecule has 0 saturated carbocycles. The van der Waals surface area contributed by atoms with Gasteiger partial charge in [-0.25, -0.2) is 4.98 Å². The Kier molecular flexibility index (Phi) is 3.41. The number of thiophene rings is 1. The number of pyridine rings is 1. The Hall–Kier alpha value is -0.480. The van der Waals surface area contributed by atoms with E-state index < -0.39 is 0 Å². The molecule has 0 spiro atoms. The van der Waals surface area contributed by atoms with Crippen LogP contribution in [0.4, 0.5) is 5.82 Å². The van der Waals surface area contributed by atoms with E-state index in [1.54, 1.807) is 17.4 Å². The van der Waals surface area contributed by atoms with Crippen molar-refractivity contribution in [3.8, 4) is 0 Å². The summed E-state index contributed by atoms with van der Waals surface area (Å²) in [6.45, 7) is 1.72. The number of anilines is 1. The van der Waals surface area contributed by atoms with Gasteiger partial charge in [0.2, 0.25) is 0 Å². The molecule has 3 heterocycles. The second-order valence-electron chi connectivity index (χ2n) is 4.11. The van der Waals surface area contributed by atoms with Crippen molar-refractivity contribution in [1.29, 1.82) is 0 Å². The average Bonchev–Trinajstić information content (AvgIpc) is 2.80. The van der Waals surface area contributed by atoms with Crippen molar-refractivity contribution in [2.24, 2.45) is 0 Å². The van der Waals surface area contributed by atoms with Gasteiger partial charge in [-0.2, -0.15) is 0 Å². The molecule has 1 aliphatic rings. The van der Waals surface area contributed by atoms with Crippen molar-refractivity contribution in [2.75, 3.05) is 11.4 Å². The summed E-state index contributed by atoms with van der Waals surface area (Å²) in [5, 5.41) is 3.35. The number of rotatable bonds is 1. The van der Waals surface area contributed by atoms with E-state index >= 15 is 0 Å². The molecular weight excluding hydrogens is 311 g/mol. The minimum absolute atomic E-state index is 0.298. The van der Waals surface area contributed by atoms with E-state index in [1.807, 2.05) is 0 Å². The molecule has 0 bridgehead atoms. The zero-order valence-corrected chi connectivity index (χ0v) is 12.4. The predicted molar refractivity (Wildman–Crippen MR) is 78.3 cm³/mol. The molecule has 0 atom stereocenters. The summed E-state index contributed by atoms with van der Waals surface area (Å²) in [4.78, 5) is 7.87. The number of aromatic nitrogens is 1. The van der Waals surface area contributed by atoms with Gasteiger partial charge in [0.05, 0.1) is 10.0 Å². The highest BCUT2D eigenvalue weighted by atomic mass is 35.5. The number of fused-ring (bicyclic) bond motifs is 1. The standard InChI is InChI=1S/C12H9Cl3N2S/c13-8-5-9(14)12(16-11(8)15)17-3-1-10-7(6-17)2-4-18-10/h2,4-5H,1,3,6H2. The highest BCUT2D eigenvalue weighted by Gasteiger charge is 2.21. The van der Waals surface area contributed by atoms with Gasteiger partial charge in [-0.15, -0.1) is 11.3 Å². The maximum absolute atomic E-state index is 6.19. The largest absolute Gasteiger partial charge is 0.351 e. The number of hydrogen-bond acceptors (Lipinski definition) is 3. The van der Waals surface area contributed by atoms with Crippen molar-refractivity contribution < 1.29 is 0 Å². The number of halogens is 3. The van der Waals surface area contributed by atoms with Crippen LogP contribution in [0.2, 0.25) is 15.2 Å². The molecule has 3 rings (SSSR count). The third-order valence-electron chi connectivity index (χ3n) is 2.98. The predicted octanol–water partition coefficient (Wildman–Crippen LogP) is 4.67. The first-order valence-corrected chi connectivity index (χ1v) is 7.48. The second-order valence-corrected chi connectivity index (χ2v) is 6.28. The van der Waals surface area contributed by atoms with Crippen molar-refractivity contribution >= 4 is 52.0 Å². The summed E-state index contributed by atoms with van der Waals surface area (Å²) in [6, 6.07) is 3.80. The molecule has 0 radical (unpaired) electrons. The first-order chi connectivity index (χ1) is 8.65. The molecule has 0 fully saturated rings. The number of hydrogen-bond donors (Lipinski definition) is 0. The molecule has 0 unspecified atom stereocenters. The summed E-state index contributed by atoms with van der Waals surface area (Å²) in [7, 11) is 0. The van der Waals surface area contributed by atoms with Crippen LogP contribution in [-0.2, 0) is 13.0 Å². The van der Waals surface area contributed by atoms with Gasteiger partial charge in [0.15, 0.2) is 0 Å². The van der Waals surface area contributed by atoms with E-state index in [4.69, 9.17) is 34.8 Å². The molecule has 1 aliphatic heterocycles. The minimum atomic E-state index is 0.298. The van der Waals surface area contributed by atoms with E-state index in [2.05, 4.69) is 21.3 Å². The molecule has 0 N–H and O–H groups in total. The third-order valence-corrected chi connectivity index (χ3v) is 4.95. The average molecular weight is 320 g/mol. The van der Waals surface area contributed by atoms with E-state index in [9.17, 15) is 0 Å². The van der Waals surface area contributed by atoms with Crippen LogP contribution in [0.3, 0.4) is 0 Å². The van der Waals surface area contributed by atoms with Gasteiger partial charge in [-0.05, 0) is 29.5 Å². The molecule has 6 heteroatoms. The third kappa shape index (κ3) is 2.21. The molecule has 0 aromatic carbocycles. The molecule has 2 aromatic rings. The Morgan fingerprint density at radius 1 is 1.22 bits per heavy atom. The quantitative estimate of drug-likeness (QED) is 0.710. The van der Waals surface area contributed by atoms with E-state index in [0.717, 1.165) is 19.5 Å². The van der Waals surface area contributed by atoms with Gasteiger partial charge in [0.25, 0.3) is 0 Å². The van der Waals surface area contributed by atoms with Gasteiger partial charge in [-0.1, -0.05) is 34.8 Å². The second kappa shape index (κ2) is 4.89. The van der Waals surface area contributed by atoms with Crippen LogP contribution in [-0.4, -0.2) is 11.5 Å². The molecule has 2 nitrogen and oxygen atoms in total. The summed E-state index contributed by atoms with van der Waals surface area (Å²) in [5.74, 6) is 0.711. The highest BCUT2D eigenvalue weighted by molar-refractivity contribution is 7.10. The zero-order chi connectivity index (χ0) is 12.7. The van der Waals surface area contributed by atoms with Crippen LogP contribution in [0.25, 0.3) is 0 Å². The van der Waals surface area contributed by atoms with Crippen LogP contribution in [0.15, 0.2) is 17.5 Å². The fourth-order valence-electron chi connectivity index (χ4n) is 2.09. The molecular formula is C12H9Cl3N2S. The first kappa shape index (κ1) is 12.5. The lowest BCUT2D eigenvalue weighted by Crippen LogP contribution is -2.30. The van der Waals surface area contributed by atoms with Crippen LogP contribution in [0.5, 0.6) is 0 Å². The van der Waals surface area contributed by atoms with Gasteiger partial charge in [-0.3, -0.25) is 0 Å². The van der Waals surface area contributed by atoms with Gasteiger partial charge in [0, 0.05) is 18.0 Å². The number of nitrogens with zero attached hydrogens (tertiary/aromatic N) is 2. The van der Waals surface area contributed by atoms with E-state index in [-0.39, 0.29) is 0 Å². The monoisotopic (exact) mass is 318 g/mol. The minimum Gasteiger partial charge on any atom is -0.351 e. The summed E-state index contributed by atoms with van der Waals surface area (Å²) in [6.07, 6.45) is 1.02. The maximum Gasteiger partial charge on any atom is 0.150 e. The van der Waals surface area contributed by atoms with E-state index in [0.29, 0.717) is 21.0 Å². The lowest BCUT2D eigenvalue weighted by atomic mass is 10.1. The smallest absolute Gasteiger partial charge is 0.150 e. The van der Waals surface area contributed by atoms with Gasteiger partial charge < -0.3 is 4.90 Å². The van der Waals surface area contributed by atoms with Crippen LogP contribution in [0, 0.1) is 0 Å². The van der Waals surface area contributed by atoms with Crippen molar-refractivity contribution in [2.45, 2.75) is 13.0 Å². The van der Waals surface area contributed by atoms with Crippen molar-refractivity contribution in [3.05, 3.63) is 43.2 Å². The summed E-state index contributed by atoms with van der Waals surface area (Å²) in [5.41, 5.74) is 1.34. The fourth-order valence-corrected chi connectivity index (χ4v) is 3.59. The van der Waals surface area contributed by atoms with E-state index in [1.165, 1.54) is 10.4 Å². The van der Waals surface area contributed by atoms with Gasteiger partial charge >= 0.3 is 0 Å². The lowest BCUT2D eigenvalue weighted by Gasteiger charge is -2.28. The molecule has 0 amide bonds. The van der Waals surface area contributed by atoms with Crippen LogP contribution < -0.4 is 4.90 Å². The topological polar surface area (TPSA) is 16.1 Å². The zero-order valence-electron chi connectivity index (χ0n) is 9.29. The van der Waals surface area contributed by atoms with Crippen LogP contribution >= 0.6 is 46.1 Å². The highest BCUT2D eigenvalue weighted by Crippen LogP contribution is 2.34. The first-order valence-electron chi connectivity index (χ1n) is 5.47. The Labute approximate surface area is 124 Å². The molecule has 0 saturated heterocycles. The molecule has 18 heavy (non-hydrogen) atoms. The van der Waals surface area contributed by atoms with Crippen LogP contribution in [0.1, 0.15) is 10.4 Å². The molecule has 0 aliphatic carbocycles. The lowest BCUT2D eigenvalue weighted by molar-refractivity contribution is 0.732. The van der Waals surface area contributed by atoms with Crippen molar-refractivity contribution in [1.82, 2.24) is 4.98 Å². The Morgan fingerprint density at radius 3 is 2.89 bits per heavy atom. The molecule has 94 valence electrons. The Balaban J connectivity index is 1.95.